The van der Waals surface area contributed by atoms with Crippen LogP contribution in [0.25, 0.3) is 0 Å². The van der Waals surface area contributed by atoms with E-state index in [0.29, 0.717) is 5.82 Å². The van der Waals surface area contributed by atoms with Gasteiger partial charge in [0.25, 0.3) is 11.6 Å². The summed E-state index contributed by atoms with van der Waals surface area (Å²) in [5.74, 6) is -0.0605. The average molecular weight is 286 g/mol. The molecule has 7 heteroatoms. The second kappa shape index (κ2) is 6.00. The van der Waals surface area contributed by atoms with Crippen LogP contribution in [0, 0.1) is 17.0 Å². The Hall–Kier alpha value is -2.96. The lowest BCUT2D eigenvalue weighted by Gasteiger charge is -2.10. The van der Waals surface area contributed by atoms with Crippen molar-refractivity contribution in [2.24, 2.45) is 0 Å². The third-order valence-corrected chi connectivity index (χ3v) is 2.89. The zero-order chi connectivity index (χ0) is 15.4. The van der Waals surface area contributed by atoms with E-state index in [4.69, 9.17) is 0 Å². The Morgan fingerprint density at radius 1 is 1.33 bits per heavy atom. The van der Waals surface area contributed by atoms with E-state index < -0.39 is 10.8 Å². The number of carbonyl (C=O) groups is 1. The smallest absolute Gasteiger partial charge is 0.293 e. The van der Waals surface area contributed by atoms with Crippen LogP contribution >= 0.6 is 0 Å². The van der Waals surface area contributed by atoms with E-state index in [0.717, 1.165) is 5.56 Å². The number of hydrogen-bond donors (Lipinski definition) is 2. The summed E-state index contributed by atoms with van der Waals surface area (Å²) in [7, 11) is 1.53. The van der Waals surface area contributed by atoms with Crippen LogP contribution in [0.4, 0.5) is 17.2 Å². The fourth-order valence-electron chi connectivity index (χ4n) is 1.93. The van der Waals surface area contributed by atoms with Crippen molar-refractivity contribution in [3.63, 3.8) is 0 Å². The number of nitro benzene ring substituents is 1. The summed E-state index contributed by atoms with van der Waals surface area (Å²) in [6.07, 6.45) is 1.58. The lowest BCUT2D eigenvalue weighted by Crippen LogP contribution is -2.15. The average Bonchev–Trinajstić information content (AvgIpc) is 2.46. The van der Waals surface area contributed by atoms with Gasteiger partial charge in [0.15, 0.2) is 0 Å². The van der Waals surface area contributed by atoms with Gasteiger partial charge in [0.05, 0.1) is 10.5 Å². The van der Waals surface area contributed by atoms with Gasteiger partial charge in [0.1, 0.15) is 11.5 Å². The molecule has 0 aliphatic rings. The number of hydrogen-bond acceptors (Lipinski definition) is 5. The quantitative estimate of drug-likeness (QED) is 0.665. The standard InChI is InChI=1S/C14H14N4O3/c1-9-6-7-16-12(8-9)17-14(19)10-4-3-5-11(18(20)21)13(10)15-2/h3-8,15H,1-2H3,(H,16,17,19). The lowest BCUT2D eigenvalue weighted by molar-refractivity contribution is -0.384. The third-order valence-electron chi connectivity index (χ3n) is 2.89. The lowest BCUT2D eigenvalue weighted by atomic mass is 10.1. The summed E-state index contributed by atoms with van der Waals surface area (Å²) in [4.78, 5) is 26.7. The van der Waals surface area contributed by atoms with Gasteiger partial charge in [-0.25, -0.2) is 4.98 Å². The maximum absolute atomic E-state index is 12.3. The molecule has 0 unspecified atom stereocenters. The number of benzene rings is 1. The van der Waals surface area contributed by atoms with Crippen LogP contribution in [0.2, 0.25) is 0 Å². The number of pyridine rings is 1. The first-order chi connectivity index (χ1) is 10.0. The third kappa shape index (κ3) is 3.14. The van der Waals surface area contributed by atoms with E-state index in [1.54, 1.807) is 12.3 Å². The predicted molar refractivity (Wildman–Crippen MR) is 79.6 cm³/mol. The number of para-hydroxylation sites is 1. The molecule has 0 spiro atoms. The number of amides is 1. The van der Waals surface area contributed by atoms with E-state index in [1.165, 1.54) is 25.2 Å². The van der Waals surface area contributed by atoms with Gasteiger partial charge in [-0.3, -0.25) is 14.9 Å². The molecule has 7 nitrogen and oxygen atoms in total. The molecule has 0 saturated carbocycles. The van der Waals surface area contributed by atoms with Gasteiger partial charge < -0.3 is 10.6 Å². The van der Waals surface area contributed by atoms with Crippen LogP contribution in [0.5, 0.6) is 0 Å². The molecule has 1 aromatic carbocycles. The van der Waals surface area contributed by atoms with Crippen molar-refractivity contribution in [2.45, 2.75) is 6.92 Å². The zero-order valence-corrected chi connectivity index (χ0v) is 11.6. The molecule has 0 bridgehead atoms. The summed E-state index contributed by atoms with van der Waals surface area (Å²) >= 11 is 0. The van der Waals surface area contributed by atoms with Gasteiger partial charge in [0, 0.05) is 19.3 Å². The highest BCUT2D eigenvalue weighted by Crippen LogP contribution is 2.28. The van der Waals surface area contributed by atoms with Gasteiger partial charge in [-0.15, -0.1) is 0 Å². The molecular weight excluding hydrogens is 272 g/mol. The van der Waals surface area contributed by atoms with Crippen molar-refractivity contribution in [3.05, 3.63) is 57.8 Å². The van der Waals surface area contributed by atoms with Crippen LogP contribution in [0.3, 0.4) is 0 Å². The van der Waals surface area contributed by atoms with Crippen LogP contribution in [0.1, 0.15) is 15.9 Å². The van der Waals surface area contributed by atoms with Crippen LogP contribution in [0.15, 0.2) is 36.5 Å². The van der Waals surface area contributed by atoms with E-state index in [1.807, 2.05) is 13.0 Å². The zero-order valence-electron chi connectivity index (χ0n) is 11.6. The van der Waals surface area contributed by atoms with Crippen LogP contribution < -0.4 is 10.6 Å². The number of nitrogens with zero attached hydrogens (tertiary/aromatic N) is 2. The van der Waals surface area contributed by atoms with Crippen molar-refractivity contribution in [1.82, 2.24) is 4.98 Å². The number of carbonyl (C=O) groups excluding carboxylic acids is 1. The van der Waals surface area contributed by atoms with Crippen molar-refractivity contribution in [2.75, 3.05) is 17.7 Å². The van der Waals surface area contributed by atoms with Crippen LogP contribution in [-0.4, -0.2) is 22.9 Å². The Bertz CT molecular complexity index is 700. The Labute approximate surface area is 121 Å². The number of aryl methyl sites for hydroxylation is 1. The van der Waals surface area contributed by atoms with E-state index >= 15 is 0 Å². The summed E-state index contributed by atoms with van der Waals surface area (Å²) in [5, 5.41) is 16.3. The molecule has 2 aromatic rings. The summed E-state index contributed by atoms with van der Waals surface area (Å²) in [6, 6.07) is 7.85. The first-order valence-corrected chi connectivity index (χ1v) is 6.22. The molecule has 0 saturated heterocycles. The molecule has 2 rings (SSSR count). The van der Waals surface area contributed by atoms with E-state index in [-0.39, 0.29) is 16.9 Å². The van der Waals surface area contributed by atoms with Crippen molar-refractivity contribution in [1.29, 1.82) is 0 Å². The number of aromatic nitrogens is 1. The summed E-state index contributed by atoms with van der Waals surface area (Å²) < 4.78 is 0. The van der Waals surface area contributed by atoms with Gasteiger partial charge in [0.2, 0.25) is 0 Å². The first-order valence-electron chi connectivity index (χ1n) is 6.22. The monoisotopic (exact) mass is 286 g/mol. The molecule has 0 aliphatic heterocycles. The SMILES string of the molecule is CNc1c(C(=O)Nc2cc(C)ccn2)cccc1[N+](=O)[O-]. The number of nitrogens with one attached hydrogen (secondary N) is 2. The fraction of sp³-hybridized carbons (Fsp3) is 0.143. The van der Waals surface area contributed by atoms with Crippen molar-refractivity contribution < 1.29 is 9.72 Å². The topological polar surface area (TPSA) is 97.2 Å². The number of rotatable bonds is 4. The Balaban J connectivity index is 2.35. The molecule has 2 N–H and O–H groups in total. The molecule has 1 heterocycles. The normalized spacial score (nSPS) is 10.0. The van der Waals surface area contributed by atoms with Gasteiger partial charge in [-0.1, -0.05) is 6.07 Å². The Morgan fingerprint density at radius 2 is 2.10 bits per heavy atom. The highest BCUT2D eigenvalue weighted by Gasteiger charge is 2.20. The summed E-state index contributed by atoms with van der Waals surface area (Å²) in [5.41, 5.74) is 1.16. The molecule has 21 heavy (non-hydrogen) atoms. The predicted octanol–water partition coefficient (Wildman–Crippen LogP) is 2.59. The largest absolute Gasteiger partial charge is 0.382 e. The van der Waals surface area contributed by atoms with E-state index in [9.17, 15) is 14.9 Å². The minimum absolute atomic E-state index is 0.151. The first kappa shape index (κ1) is 14.4. The van der Waals surface area contributed by atoms with Crippen molar-refractivity contribution >= 4 is 23.1 Å². The molecule has 0 atom stereocenters. The molecule has 0 radical (unpaired) electrons. The molecule has 108 valence electrons. The molecule has 0 aliphatic carbocycles. The van der Waals surface area contributed by atoms with Crippen LogP contribution in [-0.2, 0) is 0 Å². The minimum atomic E-state index is -0.534. The molecular formula is C14H14N4O3. The highest BCUT2D eigenvalue weighted by atomic mass is 16.6. The fourth-order valence-corrected chi connectivity index (χ4v) is 1.93. The summed E-state index contributed by atoms with van der Waals surface area (Å²) in [6.45, 7) is 1.88. The van der Waals surface area contributed by atoms with Gasteiger partial charge in [-0.05, 0) is 30.7 Å². The van der Waals surface area contributed by atoms with Gasteiger partial charge in [-0.2, -0.15) is 0 Å². The Morgan fingerprint density at radius 3 is 2.71 bits per heavy atom. The van der Waals surface area contributed by atoms with Crippen molar-refractivity contribution in [3.8, 4) is 0 Å². The maximum Gasteiger partial charge on any atom is 0.293 e. The second-order valence-corrected chi connectivity index (χ2v) is 4.38. The highest BCUT2D eigenvalue weighted by molar-refractivity contribution is 6.08. The second-order valence-electron chi connectivity index (χ2n) is 4.38. The van der Waals surface area contributed by atoms with E-state index in [2.05, 4.69) is 15.6 Å². The maximum atomic E-state index is 12.3. The minimum Gasteiger partial charge on any atom is -0.382 e. The molecule has 0 fully saturated rings. The number of anilines is 2. The Kier molecular flexibility index (Phi) is 4.13. The number of nitro groups is 1. The van der Waals surface area contributed by atoms with Gasteiger partial charge >= 0.3 is 0 Å². The molecule has 1 aromatic heterocycles. The molecule has 1 amide bonds.